The van der Waals surface area contributed by atoms with Crippen LogP contribution < -0.4 is 10.1 Å². The van der Waals surface area contributed by atoms with Crippen molar-refractivity contribution in [2.75, 3.05) is 11.9 Å². The summed E-state index contributed by atoms with van der Waals surface area (Å²) in [5.74, 6) is -0.708. The van der Waals surface area contributed by atoms with Crippen molar-refractivity contribution >= 4 is 40.9 Å². The highest BCUT2D eigenvalue weighted by molar-refractivity contribution is 6.37. The number of carbonyl (C=O) groups excluding carboxylic acids is 1. The Labute approximate surface area is 154 Å². The molecule has 25 heavy (non-hydrogen) atoms. The van der Waals surface area contributed by atoms with Crippen molar-refractivity contribution in [2.24, 2.45) is 0 Å². The standard InChI is InChI=1S/C18H13Cl2FN2O2/c1-2-25-17-15(19)8-11(9-16(17)20)7-12(10-22)18(24)23-14-5-3-13(21)4-6-14/h3-9H,2H2,1H3,(H,23,24)/b12-7+. The SMILES string of the molecule is CCOc1c(Cl)cc(/C=C(\C#N)C(=O)Nc2ccc(F)cc2)cc1Cl. The number of nitriles is 1. The van der Waals surface area contributed by atoms with E-state index in [1.54, 1.807) is 19.1 Å². The van der Waals surface area contributed by atoms with Crippen LogP contribution in [0.25, 0.3) is 6.08 Å². The summed E-state index contributed by atoms with van der Waals surface area (Å²) in [6.45, 7) is 2.20. The minimum atomic E-state index is -0.629. The van der Waals surface area contributed by atoms with Gasteiger partial charge in [0.05, 0.1) is 16.7 Å². The molecule has 0 bridgehead atoms. The molecule has 1 amide bonds. The fraction of sp³-hybridized carbons (Fsp3) is 0.111. The number of benzene rings is 2. The lowest BCUT2D eigenvalue weighted by atomic mass is 10.1. The maximum Gasteiger partial charge on any atom is 0.266 e. The Kier molecular flexibility index (Phi) is 6.40. The van der Waals surface area contributed by atoms with Crippen molar-refractivity contribution < 1.29 is 13.9 Å². The van der Waals surface area contributed by atoms with Gasteiger partial charge in [-0.05, 0) is 55.0 Å². The van der Waals surface area contributed by atoms with Crippen LogP contribution in [0.4, 0.5) is 10.1 Å². The van der Waals surface area contributed by atoms with Crippen LogP contribution in [0.3, 0.4) is 0 Å². The van der Waals surface area contributed by atoms with E-state index in [-0.39, 0.29) is 15.6 Å². The Balaban J connectivity index is 2.26. The molecule has 0 radical (unpaired) electrons. The number of carbonyl (C=O) groups is 1. The van der Waals surface area contributed by atoms with E-state index in [9.17, 15) is 14.4 Å². The van der Waals surface area contributed by atoms with Gasteiger partial charge in [-0.3, -0.25) is 4.79 Å². The Morgan fingerprint density at radius 1 is 1.28 bits per heavy atom. The van der Waals surface area contributed by atoms with Gasteiger partial charge in [0.1, 0.15) is 17.5 Å². The summed E-state index contributed by atoms with van der Waals surface area (Å²) in [7, 11) is 0. The first-order valence-electron chi connectivity index (χ1n) is 7.25. The van der Waals surface area contributed by atoms with E-state index in [1.807, 2.05) is 6.07 Å². The molecule has 2 aromatic carbocycles. The van der Waals surface area contributed by atoms with Gasteiger partial charge in [0, 0.05) is 5.69 Å². The molecular formula is C18H13Cl2FN2O2. The zero-order valence-corrected chi connectivity index (χ0v) is 14.7. The number of anilines is 1. The summed E-state index contributed by atoms with van der Waals surface area (Å²) in [4.78, 5) is 12.2. The maximum atomic E-state index is 12.9. The van der Waals surface area contributed by atoms with Crippen molar-refractivity contribution in [1.82, 2.24) is 0 Å². The van der Waals surface area contributed by atoms with E-state index in [1.165, 1.54) is 30.3 Å². The smallest absolute Gasteiger partial charge is 0.266 e. The minimum Gasteiger partial charge on any atom is -0.491 e. The predicted octanol–water partition coefficient (Wildman–Crippen LogP) is 5.08. The van der Waals surface area contributed by atoms with Crippen LogP contribution in [0.1, 0.15) is 12.5 Å². The Hall–Kier alpha value is -2.55. The second-order valence-electron chi connectivity index (χ2n) is 4.88. The zero-order chi connectivity index (χ0) is 18.4. The van der Waals surface area contributed by atoms with Crippen LogP contribution in [0.2, 0.25) is 10.0 Å². The van der Waals surface area contributed by atoms with Gasteiger partial charge in [0.2, 0.25) is 0 Å². The average Bonchev–Trinajstić information content (AvgIpc) is 2.58. The van der Waals surface area contributed by atoms with Gasteiger partial charge >= 0.3 is 0 Å². The molecule has 0 fully saturated rings. The van der Waals surface area contributed by atoms with Crippen LogP contribution in [-0.4, -0.2) is 12.5 Å². The molecule has 0 aliphatic heterocycles. The highest BCUT2D eigenvalue weighted by Crippen LogP contribution is 2.34. The van der Waals surface area contributed by atoms with Gasteiger partial charge < -0.3 is 10.1 Å². The molecule has 0 saturated heterocycles. The molecule has 0 aliphatic carbocycles. The molecule has 0 aliphatic rings. The first-order chi connectivity index (χ1) is 11.9. The van der Waals surface area contributed by atoms with Crippen molar-refractivity contribution in [3.05, 3.63) is 63.4 Å². The van der Waals surface area contributed by atoms with Crippen molar-refractivity contribution in [2.45, 2.75) is 6.92 Å². The number of nitrogens with zero attached hydrogens (tertiary/aromatic N) is 1. The fourth-order valence-electron chi connectivity index (χ4n) is 1.99. The Morgan fingerprint density at radius 3 is 2.40 bits per heavy atom. The molecule has 4 nitrogen and oxygen atoms in total. The van der Waals surface area contributed by atoms with Crippen LogP contribution >= 0.6 is 23.2 Å². The molecule has 0 aromatic heterocycles. The number of hydrogen-bond acceptors (Lipinski definition) is 3. The lowest BCUT2D eigenvalue weighted by Gasteiger charge is -2.09. The van der Waals surface area contributed by atoms with Crippen molar-refractivity contribution in [1.29, 1.82) is 5.26 Å². The normalized spacial score (nSPS) is 10.9. The quantitative estimate of drug-likeness (QED) is 0.582. The van der Waals surface area contributed by atoms with Gasteiger partial charge in [-0.25, -0.2) is 4.39 Å². The lowest BCUT2D eigenvalue weighted by molar-refractivity contribution is -0.112. The summed E-state index contributed by atoms with van der Waals surface area (Å²) in [6, 6.07) is 10.1. The van der Waals surface area contributed by atoms with E-state index in [4.69, 9.17) is 27.9 Å². The predicted molar refractivity (Wildman–Crippen MR) is 96.3 cm³/mol. The molecule has 128 valence electrons. The maximum absolute atomic E-state index is 12.9. The van der Waals surface area contributed by atoms with Crippen LogP contribution in [-0.2, 0) is 4.79 Å². The van der Waals surface area contributed by atoms with Crippen LogP contribution in [0.5, 0.6) is 5.75 Å². The minimum absolute atomic E-state index is 0.152. The van der Waals surface area contributed by atoms with Crippen molar-refractivity contribution in [3.8, 4) is 11.8 Å². The number of rotatable bonds is 5. The van der Waals surface area contributed by atoms with Crippen LogP contribution in [0.15, 0.2) is 42.0 Å². The Morgan fingerprint density at radius 2 is 1.88 bits per heavy atom. The fourth-order valence-corrected chi connectivity index (χ4v) is 2.61. The van der Waals surface area contributed by atoms with Crippen LogP contribution in [0, 0.1) is 17.1 Å². The number of hydrogen-bond donors (Lipinski definition) is 1. The van der Waals surface area contributed by atoms with E-state index >= 15 is 0 Å². The third-order valence-corrected chi connectivity index (χ3v) is 3.65. The molecule has 0 unspecified atom stereocenters. The molecule has 1 N–H and O–H groups in total. The molecule has 0 spiro atoms. The van der Waals surface area contributed by atoms with Crippen molar-refractivity contribution in [3.63, 3.8) is 0 Å². The molecule has 0 atom stereocenters. The second kappa shape index (κ2) is 8.52. The number of ether oxygens (including phenoxy) is 1. The largest absolute Gasteiger partial charge is 0.491 e. The third kappa shape index (κ3) is 4.96. The first kappa shape index (κ1) is 18.8. The van der Waals surface area contributed by atoms with E-state index in [0.29, 0.717) is 23.6 Å². The van der Waals surface area contributed by atoms with E-state index < -0.39 is 11.7 Å². The number of amides is 1. The Bertz CT molecular complexity index is 835. The van der Waals surface area contributed by atoms with Gasteiger partial charge in [0.15, 0.2) is 5.75 Å². The van der Waals surface area contributed by atoms with Gasteiger partial charge in [-0.15, -0.1) is 0 Å². The summed E-state index contributed by atoms with van der Waals surface area (Å²) in [6.07, 6.45) is 1.35. The topological polar surface area (TPSA) is 62.1 Å². The van der Waals surface area contributed by atoms with Gasteiger partial charge in [-0.1, -0.05) is 23.2 Å². The first-order valence-corrected chi connectivity index (χ1v) is 8.00. The van der Waals surface area contributed by atoms with Gasteiger partial charge in [-0.2, -0.15) is 5.26 Å². The number of nitrogens with one attached hydrogen (secondary N) is 1. The van der Waals surface area contributed by atoms with Gasteiger partial charge in [0.25, 0.3) is 5.91 Å². The molecule has 2 rings (SSSR count). The molecule has 2 aromatic rings. The summed E-state index contributed by atoms with van der Waals surface area (Å²) in [5.41, 5.74) is 0.695. The summed E-state index contributed by atoms with van der Waals surface area (Å²) >= 11 is 12.2. The van der Waals surface area contributed by atoms with E-state index in [2.05, 4.69) is 5.32 Å². The summed E-state index contributed by atoms with van der Waals surface area (Å²) < 4.78 is 18.2. The lowest BCUT2D eigenvalue weighted by Crippen LogP contribution is -2.13. The summed E-state index contributed by atoms with van der Waals surface area (Å²) in [5, 5.41) is 12.3. The average molecular weight is 379 g/mol. The zero-order valence-electron chi connectivity index (χ0n) is 13.1. The number of halogens is 3. The molecular weight excluding hydrogens is 366 g/mol. The molecule has 0 heterocycles. The molecule has 7 heteroatoms. The monoisotopic (exact) mass is 378 g/mol. The second-order valence-corrected chi connectivity index (χ2v) is 5.69. The molecule has 0 saturated carbocycles. The third-order valence-electron chi connectivity index (χ3n) is 3.09. The van der Waals surface area contributed by atoms with E-state index in [0.717, 1.165) is 0 Å². The highest BCUT2D eigenvalue weighted by Gasteiger charge is 2.12. The highest BCUT2D eigenvalue weighted by atomic mass is 35.5.